The molecule has 0 aliphatic carbocycles. The zero-order valence-electron chi connectivity index (χ0n) is 43.8. The van der Waals surface area contributed by atoms with Crippen LogP contribution in [0.15, 0.2) is 261 Å². The molecular weight excluding hydrogens is 979 g/mol. The molecule has 0 saturated heterocycles. The zero-order valence-corrected chi connectivity index (χ0v) is 43.8. The van der Waals surface area contributed by atoms with E-state index in [1.807, 2.05) is 78.9 Å². The number of fused-ring (bicyclic) bond motifs is 8. The van der Waals surface area contributed by atoms with Gasteiger partial charge in [-0.1, -0.05) is 243 Å². The van der Waals surface area contributed by atoms with Gasteiger partial charge in [-0.25, -0.2) is 9.97 Å². The highest BCUT2D eigenvalue weighted by atomic mass is 16.5. The van der Waals surface area contributed by atoms with E-state index in [9.17, 15) is 10.1 Å². The molecule has 7 heteroatoms. The van der Waals surface area contributed by atoms with Crippen molar-refractivity contribution >= 4 is 50.3 Å². The molecular formula is C73H51N5O2. The van der Waals surface area contributed by atoms with Crippen LogP contribution in [-0.2, 0) is 9.53 Å². The third-order valence-corrected chi connectivity index (χ3v) is 14.9. The van der Waals surface area contributed by atoms with Gasteiger partial charge in [-0.15, -0.1) is 0 Å². The molecule has 5 heterocycles. The SMILES string of the molecule is CCOC(=O)C(C#N)c1cc2[nH]c1c(-c1ccccc1)c1nc(c(-c3ccccc3)c3ccc([nH]3)c(-c3ccccc3)c3nc(c2-c2ccccc2)C(c2ccccc2)=C3c2ccccc2)C(c2ccccc2)=C1c1ccccc1. The number of esters is 1. The number of nitriles is 1. The number of hydrogen-bond acceptors (Lipinski definition) is 5. The molecule has 0 fully saturated rings. The number of benzene rings is 8. The van der Waals surface area contributed by atoms with Crippen molar-refractivity contribution in [2.75, 3.05) is 6.61 Å². The minimum atomic E-state index is -1.35. The summed E-state index contributed by atoms with van der Waals surface area (Å²) in [7, 11) is 0. The molecule has 0 radical (unpaired) electrons. The van der Waals surface area contributed by atoms with E-state index >= 15 is 0 Å². The summed E-state index contributed by atoms with van der Waals surface area (Å²) in [4.78, 5) is 34.6. The molecule has 11 aromatic rings. The summed E-state index contributed by atoms with van der Waals surface area (Å²) in [5.41, 5.74) is 20.5. The molecule has 0 spiro atoms. The Morgan fingerprint density at radius 2 is 0.688 bits per heavy atom. The van der Waals surface area contributed by atoms with Crippen LogP contribution in [0, 0.1) is 11.3 Å². The minimum absolute atomic E-state index is 0.0915. The number of nitrogens with one attached hydrogen (secondary N) is 2. The third kappa shape index (κ3) is 8.81. The molecule has 1 unspecified atom stereocenters. The fraction of sp³-hybridized carbons (Fsp3) is 0.0411. The highest BCUT2D eigenvalue weighted by Gasteiger charge is 2.35. The molecule has 0 saturated carbocycles. The fourth-order valence-corrected chi connectivity index (χ4v) is 11.5. The summed E-state index contributed by atoms with van der Waals surface area (Å²) < 4.78 is 5.81. The Hall–Kier alpha value is -10.7. The van der Waals surface area contributed by atoms with Crippen LogP contribution >= 0.6 is 0 Å². The Morgan fingerprint density at radius 3 is 1.00 bits per heavy atom. The monoisotopic (exact) mass is 1030 g/mol. The van der Waals surface area contributed by atoms with E-state index < -0.39 is 11.9 Å². The van der Waals surface area contributed by atoms with E-state index in [-0.39, 0.29) is 6.61 Å². The van der Waals surface area contributed by atoms with Gasteiger partial charge in [-0.05, 0) is 69.6 Å². The van der Waals surface area contributed by atoms with Crippen molar-refractivity contribution in [2.45, 2.75) is 12.8 Å². The summed E-state index contributed by atoms with van der Waals surface area (Å²) in [5, 5.41) is 11.4. The van der Waals surface area contributed by atoms with Gasteiger partial charge < -0.3 is 14.7 Å². The lowest BCUT2D eigenvalue weighted by Crippen LogP contribution is -2.14. The highest BCUT2D eigenvalue weighted by molar-refractivity contribution is 6.16. The molecule has 8 aromatic carbocycles. The van der Waals surface area contributed by atoms with Crippen molar-refractivity contribution in [3.05, 3.63) is 311 Å². The van der Waals surface area contributed by atoms with Crippen LogP contribution in [0.3, 0.4) is 0 Å². The first-order valence-electron chi connectivity index (χ1n) is 26.9. The van der Waals surface area contributed by atoms with Crippen LogP contribution in [-0.4, -0.2) is 32.5 Å². The van der Waals surface area contributed by atoms with E-state index in [1.165, 1.54) is 0 Å². The van der Waals surface area contributed by atoms with Crippen molar-refractivity contribution in [1.82, 2.24) is 19.9 Å². The van der Waals surface area contributed by atoms with Gasteiger partial charge in [0.15, 0.2) is 5.92 Å². The molecule has 8 bridgehead atoms. The van der Waals surface area contributed by atoms with Gasteiger partial charge in [-0.2, -0.15) is 5.26 Å². The van der Waals surface area contributed by atoms with Crippen LogP contribution in [0.5, 0.6) is 0 Å². The number of nitrogens with zero attached hydrogens (tertiary/aromatic N) is 3. The van der Waals surface area contributed by atoms with Crippen LogP contribution in [0.1, 0.15) is 63.4 Å². The highest BCUT2D eigenvalue weighted by Crippen LogP contribution is 2.51. The predicted octanol–water partition coefficient (Wildman–Crippen LogP) is 17.2. The van der Waals surface area contributed by atoms with Gasteiger partial charge in [0.2, 0.25) is 0 Å². The average molecular weight is 1030 g/mol. The number of rotatable bonds is 11. The number of aromatic nitrogens is 4. The molecule has 2 N–H and O–H groups in total. The second-order valence-electron chi connectivity index (χ2n) is 19.7. The Kier molecular flexibility index (Phi) is 13.1. The van der Waals surface area contributed by atoms with Crippen molar-refractivity contribution in [1.29, 1.82) is 5.26 Å². The molecule has 3 aromatic heterocycles. The maximum Gasteiger partial charge on any atom is 0.327 e. The number of carbonyl (C=O) groups excluding carboxylic acids is 1. The van der Waals surface area contributed by atoms with E-state index in [0.717, 1.165) is 106 Å². The lowest BCUT2D eigenvalue weighted by atomic mass is 9.87. The molecule has 1 atom stereocenters. The van der Waals surface area contributed by atoms with Crippen LogP contribution < -0.4 is 0 Å². The number of H-pyrrole nitrogens is 2. The quantitative estimate of drug-likeness (QED) is 0.126. The van der Waals surface area contributed by atoms with Crippen molar-refractivity contribution in [3.63, 3.8) is 0 Å². The normalized spacial score (nSPS) is 12.5. The first-order valence-corrected chi connectivity index (χ1v) is 26.9. The summed E-state index contributed by atoms with van der Waals surface area (Å²) in [6, 6.07) is 91.9. The van der Waals surface area contributed by atoms with E-state index in [0.29, 0.717) is 33.5 Å². The fourth-order valence-electron chi connectivity index (χ4n) is 11.5. The number of ether oxygens (including phenoxy) is 1. The van der Waals surface area contributed by atoms with Crippen molar-refractivity contribution in [2.24, 2.45) is 0 Å². The summed E-state index contributed by atoms with van der Waals surface area (Å²) in [6.07, 6.45) is 0. The third-order valence-electron chi connectivity index (χ3n) is 14.9. The molecule has 13 rings (SSSR count). The van der Waals surface area contributed by atoms with Gasteiger partial charge in [0.25, 0.3) is 0 Å². The second-order valence-corrected chi connectivity index (χ2v) is 19.7. The summed E-state index contributed by atoms with van der Waals surface area (Å²) in [5.74, 6) is -2.01. The van der Waals surface area contributed by atoms with Crippen LogP contribution in [0.25, 0.3) is 88.9 Å². The summed E-state index contributed by atoms with van der Waals surface area (Å²) >= 11 is 0. The van der Waals surface area contributed by atoms with Crippen molar-refractivity contribution in [3.8, 4) is 50.6 Å². The van der Waals surface area contributed by atoms with Gasteiger partial charge in [0, 0.05) is 66.7 Å². The largest absolute Gasteiger partial charge is 0.465 e. The van der Waals surface area contributed by atoms with Gasteiger partial charge in [-0.3, -0.25) is 4.79 Å². The smallest absolute Gasteiger partial charge is 0.327 e. The van der Waals surface area contributed by atoms with Crippen LogP contribution in [0.4, 0.5) is 0 Å². The Morgan fingerprint density at radius 1 is 0.400 bits per heavy atom. The van der Waals surface area contributed by atoms with Crippen molar-refractivity contribution < 1.29 is 9.53 Å². The number of hydrogen-bond donors (Lipinski definition) is 2. The maximum absolute atomic E-state index is 14.6. The molecule has 0 amide bonds. The van der Waals surface area contributed by atoms with Gasteiger partial charge in [0.05, 0.1) is 41.0 Å². The Bertz CT molecular complexity index is 4400. The van der Waals surface area contributed by atoms with Gasteiger partial charge >= 0.3 is 5.97 Å². The van der Waals surface area contributed by atoms with Gasteiger partial charge in [0.1, 0.15) is 0 Å². The molecule has 2 aliphatic heterocycles. The van der Waals surface area contributed by atoms with E-state index in [1.54, 1.807) is 6.92 Å². The Labute approximate surface area is 464 Å². The van der Waals surface area contributed by atoms with Crippen LogP contribution in [0.2, 0.25) is 0 Å². The maximum atomic E-state index is 14.6. The molecule has 380 valence electrons. The molecule has 2 aliphatic rings. The molecule has 80 heavy (non-hydrogen) atoms. The standard InChI is InChI=1S/C73H51N5O2/c1-2-80-73(79)56(46-74)55-45-59-62(49-31-15-5-16-32-49)71-64(51-35-19-7-20-36-51)63(50-33-17-6-18-34-50)69(77-71)60(47-27-11-3-12-28-47)57-43-44-58(75-57)61(48-29-13-4-14-30-48)70-65(52-37-21-8-22-38-52)66(53-39-23-9-24-40-53)72(78-70)67(68(55)76-59)54-41-25-10-26-42-54/h3-45,56,75-76H,2H2,1H3. The lowest BCUT2D eigenvalue weighted by Gasteiger charge is -2.15. The topological polar surface area (TPSA) is 107 Å². The Balaban J connectivity index is 1.37. The predicted molar refractivity (Wildman–Crippen MR) is 324 cm³/mol. The van der Waals surface area contributed by atoms with E-state index in [2.05, 4.69) is 198 Å². The summed E-state index contributed by atoms with van der Waals surface area (Å²) in [6.45, 7) is 1.86. The number of carbonyl (C=O) groups is 1. The molecule has 7 nitrogen and oxygen atoms in total. The zero-order chi connectivity index (χ0) is 53.9. The average Bonchev–Trinajstić information content (AvgIpc) is 4.46. The minimum Gasteiger partial charge on any atom is -0.465 e. The van der Waals surface area contributed by atoms with E-state index in [4.69, 9.17) is 14.7 Å². The number of aromatic amines is 2. The first kappa shape index (κ1) is 48.9. The first-order chi connectivity index (χ1) is 39.6. The lowest BCUT2D eigenvalue weighted by molar-refractivity contribution is -0.143. The second kappa shape index (κ2) is 21.4.